The van der Waals surface area contributed by atoms with Crippen molar-refractivity contribution in [1.82, 2.24) is 15.1 Å². The summed E-state index contributed by atoms with van der Waals surface area (Å²) in [6.07, 6.45) is 0. The molecule has 1 N–H and O–H groups in total. The van der Waals surface area contributed by atoms with Crippen LogP contribution < -0.4 is 14.8 Å². The maximum absolute atomic E-state index is 13.1. The largest absolute Gasteiger partial charge is 0.493 e. The Labute approximate surface area is 205 Å². The lowest BCUT2D eigenvalue weighted by molar-refractivity contribution is -0.153. The van der Waals surface area contributed by atoms with Crippen molar-refractivity contribution in [3.05, 3.63) is 59.7 Å². The molecular weight excluding hydrogens is 448 g/mol. The fourth-order valence-electron chi connectivity index (χ4n) is 4.46. The third kappa shape index (κ3) is 5.57. The van der Waals surface area contributed by atoms with Crippen LogP contribution in [-0.4, -0.2) is 74.6 Å². The van der Waals surface area contributed by atoms with Gasteiger partial charge in [-0.3, -0.25) is 19.8 Å². The Balaban J connectivity index is 1.56. The second-order valence-corrected chi connectivity index (χ2v) is 8.48. The van der Waals surface area contributed by atoms with E-state index >= 15 is 0 Å². The van der Waals surface area contributed by atoms with E-state index in [9.17, 15) is 9.59 Å². The van der Waals surface area contributed by atoms with E-state index in [4.69, 9.17) is 19.2 Å². The van der Waals surface area contributed by atoms with E-state index in [-0.39, 0.29) is 6.61 Å². The Morgan fingerprint density at radius 3 is 2.40 bits per heavy atom. The number of benzene rings is 2. The molecule has 2 aromatic rings. The smallest absolute Gasteiger partial charge is 0.321 e. The summed E-state index contributed by atoms with van der Waals surface area (Å²) < 4.78 is 16.0. The van der Waals surface area contributed by atoms with Crippen molar-refractivity contribution in [3.63, 3.8) is 0 Å². The van der Waals surface area contributed by atoms with Gasteiger partial charge in [-0.2, -0.15) is 0 Å². The van der Waals surface area contributed by atoms with E-state index in [1.807, 2.05) is 18.2 Å². The maximum atomic E-state index is 13.1. The van der Waals surface area contributed by atoms with Gasteiger partial charge in [0, 0.05) is 32.7 Å². The Bertz CT molecular complexity index is 1070. The van der Waals surface area contributed by atoms with Gasteiger partial charge in [0.25, 0.3) is 0 Å². The first-order valence-corrected chi connectivity index (χ1v) is 11.8. The van der Waals surface area contributed by atoms with Gasteiger partial charge in [0.2, 0.25) is 11.9 Å². The highest BCUT2D eigenvalue weighted by Crippen LogP contribution is 2.36. The third-order valence-electron chi connectivity index (χ3n) is 6.31. The molecule has 0 radical (unpaired) electrons. The Morgan fingerprint density at radius 2 is 1.74 bits per heavy atom. The molecule has 35 heavy (non-hydrogen) atoms. The molecule has 4 rings (SSSR count). The van der Waals surface area contributed by atoms with Crippen LogP contribution in [0.3, 0.4) is 0 Å². The Hall–Kier alpha value is -3.59. The number of piperazine rings is 1. The summed E-state index contributed by atoms with van der Waals surface area (Å²) in [6, 6.07) is 14.9. The number of rotatable bonds is 7. The van der Waals surface area contributed by atoms with Crippen molar-refractivity contribution in [1.29, 1.82) is 0 Å². The van der Waals surface area contributed by atoms with Crippen LogP contribution in [0.4, 0.5) is 0 Å². The fourth-order valence-corrected chi connectivity index (χ4v) is 4.46. The van der Waals surface area contributed by atoms with Crippen LogP contribution in [0.2, 0.25) is 0 Å². The minimum atomic E-state index is -1.09. The highest BCUT2D eigenvalue weighted by molar-refractivity contribution is 6.08. The monoisotopic (exact) mass is 480 g/mol. The Kier molecular flexibility index (Phi) is 7.87. The van der Waals surface area contributed by atoms with Crippen LogP contribution in [-0.2, 0) is 20.9 Å². The lowest BCUT2D eigenvalue weighted by atomic mass is 9.91. The van der Waals surface area contributed by atoms with E-state index in [2.05, 4.69) is 27.2 Å². The lowest BCUT2D eigenvalue weighted by Crippen LogP contribution is -2.57. The number of carbonyl (C=O) groups is 2. The van der Waals surface area contributed by atoms with E-state index in [0.717, 1.165) is 19.6 Å². The first kappa shape index (κ1) is 24.5. The molecule has 2 aliphatic rings. The number of methoxy groups -OCH3 is 2. The highest BCUT2D eigenvalue weighted by Gasteiger charge is 2.42. The van der Waals surface area contributed by atoms with Crippen LogP contribution in [0.1, 0.15) is 24.1 Å². The highest BCUT2D eigenvalue weighted by atomic mass is 16.5. The summed E-state index contributed by atoms with van der Waals surface area (Å²) in [6.45, 7) is 5.89. The van der Waals surface area contributed by atoms with Gasteiger partial charge >= 0.3 is 5.97 Å². The molecule has 0 aromatic heterocycles. The van der Waals surface area contributed by atoms with Gasteiger partial charge < -0.3 is 19.1 Å². The van der Waals surface area contributed by atoms with Gasteiger partial charge in [-0.1, -0.05) is 36.4 Å². The van der Waals surface area contributed by atoms with Gasteiger partial charge in [0.1, 0.15) is 6.04 Å². The van der Waals surface area contributed by atoms with Gasteiger partial charge in [-0.15, -0.1) is 0 Å². The van der Waals surface area contributed by atoms with E-state index in [1.54, 1.807) is 39.3 Å². The van der Waals surface area contributed by atoms with Crippen molar-refractivity contribution in [2.24, 2.45) is 10.9 Å². The number of guanidine groups is 1. The predicted molar refractivity (Wildman–Crippen MR) is 131 cm³/mol. The first-order valence-electron chi connectivity index (χ1n) is 11.8. The summed E-state index contributed by atoms with van der Waals surface area (Å²) in [7, 11) is 3.10. The number of esters is 1. The van der Waals surface area contributed by atoms with Crippen LogP contribution >= 0.6 is 0 Å². The lowest BCUT2D eigenvalue weighted by Gasteiger charge is -2.39. The zero-order valence-electron chi connectivity index (χ0n) is 20.4. The van der Waals surface area contributed by atoms with Crippen LogP contribution in [0.25, 0.3) is 0 Å². The Morgan fingerprint density at radius 1 is 1.03 bits per heavy atom. The zero-order chi connectivity index (χ0) is 24.8. The van der Waals surface area contributed by atoms with E-state index in [1.165, 1.54) is 5.56 Å². The van der Waals surface area contributed by atoms with Crippen molar-refractivity contribution >= 4 is 17.8 Å². The molecule has 2 heterocycles. The minimum absolute atomic E-state index is 0.182. The molecule has 186 valence electrons. The molecule has 2 atom stereocenters. The minimum Gasteiger partial charge on any atom is -0.493 e. The SMILES string of the molecule is CCOC(=O)[C@@H]1C(=O)NC(N2CCN(Cc3ccccc3)CC2)=N[C@H]1c1ccc(OC)c(OC)c1. The summed E-state index contributed by atoms with van der Waals surface area (Å²) >= 11 is 0. The van der Waals surface area contributed by atoms with Gasteiger partial charge in [0.05, 0.1) is 20.8 Å². The average molecular weight is 481 g/mol. The predicted octanol–water partition coefficient (Wildman–Crippen LogP) is 2.23. The van der Waals surface area contributed by atoms with Crippen LogP contribution in [0.15, 0.2) is 53.5 Å². The molecule has 9 heteroatoms. The van der Waals surface area contributed by atoms with E-state index < -0.39 is 23.8 Å². The molecule has 0 spiro atoms. The molecule has 1 saturated heterocycles. The maximum Gasteiger partial charge on any atom is 0.321 e. The summed E-state index contributed by atoms with van der Waals surface area (Å²) in [5.74, 6) is -0.557. The normalized spacial score (nSPS) is 20.6. The summed E-state index contributed by atoms with van der Waals surface area (Å²) in [5, 5.41) is 2.85. The van der Waals surface area contributed by atoms with Crippen molar-refractivity contribution in [3.8, 4) is 11.5 Å². The van der Waals surface area contributed by atoms with Gasteiger partial charge in [0.15, 0.2) is 17.4 Å². The van der Waals surface area contributed by atoms with Gasteiger partial charge in [-0.05, 0) is 30.2 Å². The van der Waals surface area contributed by atoms with Crippen molar-refractivity contribution < 1.29 is 23.8 Å². The standard InChI is InChI=1S/C26H32N4O5/c1-4-35-25(32)22-23(19-10-11-20(33-2)21(16-19)34-3)27-26(28-24(22)31)30-14-12-29(13-15-30)17-18-8-6-5-7-9-18/h5-11,16,22-23H,4,12-15,17H2,1-3H3,(H,27,28,31)/t22-,23-/m0/s1. The molecule has 0 unspecified atom stereocenters. The first-order chi connectivity index (χ1) is 17.0. The summed E-state index contributed by atoms with van der Waals surface area (Å²) in [4.78, 5) is 35.2. The second kappa shape index (κ2) is 11.2. The molecule has 9 nitrogen and oxygen atoms in total. The van der Waals surface area contributed by atoms with Crippen molar-refractivity contribution in [2.45, 2.75) is 19.5 Å². The number of nitrogens with one attached hydrogen (secondary N) is 1. The van der Waals surface area contributed by atoms with Gasteiger partial charge in [-0.25, -0.2) is 4.99 Å². The quantitative estimate of drug-likeness (QED) is 0.480. The number of aliphatic imine (C=N–C) groups is 1. The molecule has 1 fully saturated rings. The topological polar surface area (TPSA) is 92.7 Å². The molecule has 2 aromatic carbocycles. The van der Waals surface area contributed by atoms with Crippen molar-refractivity contribution in [2.75, 3.05) is 47.0 Å². The number of hydrogen-bond acceptors (Lipinski definition) is 8. The molecule has 1 amide bonds. The van der Waals surface area contributed by atoms with E-state index in [0.29, 0.717) is 36.1 Å². The molecule has 2 aliphatic heterocycles. The average Bonchev–Trinajstić information content (AvgIpc) is 2.89. The second-order valence-electron chi connectivity index (χ2n) is 8.48. The third-order valence-corrected chi connectivity index (χ3v) is 6.31. The summed E-state index contributed by atoms with van der Waals surface area (Å²) in [5.41, 5.74) is 1.95. The van der Waals surface area contributed by atoms with Crippen LogP contribution in [0.5, 0.6) is 11.5 Å². The molecule has 0 saturated carbocycles. The fraction of sp³-hybridized carbons (Fsp3) is 0.423. The number of amides is 1. The number of carbonyl (C=O) groups excluding carboxylic acids is 2. The molecule has 0 bridgehead atoms. The molecular formula is C26H32N4O5. The number of nitrogens with zero attached hydrogens (tertiary/aromatic N) is 3. The number of hydrogen-bond donors (Lipinski definition) is 1. The van der Waals surface area contributed by atoms with Crippen LogP contribution in [0, 0.1) is 5.92 Å². The molecule has 0 aliphatic carbocycles. The number of ether oxygens (including phenoxy) is 3. The zero-order valence-corrected chi connectivity index (χ0v) is 20.4.